The smallest absolute Gasteiger partial charge is 0.327 e. The lowest BCUT2D eigenvalue weighted by Gasteiger charge is -2.36. The summed E-state index contributed by atoms with van der Waals surface area (Å²) < 4.78 is 0. The zero-order valence-electron chi connectivity index (χ0n) is 13.2. The molecule has 0 unspecified atom stereocenters. The van der Waals surface area contributed by atoms with Crippen LogP contribution in [-0.4, -0.2) is 65.3 Å². The van der Waals surface area contributed by atoms with Crippen molar-refractivity contribution in [2.75, 3.05) is 26.7 Å². The molecule has 0 atom stereocenters. The molecule has 2 saturated heterocycles. The first-order valence-electron chi connectivity index (χ1n) is 7.70. The number of carbonyl (C=O) groups excluding carboxylic acids is 3. The molecule has 6 nitrogen and oxygen atoms in total. The van der Waals surface area contributed by atoms with Gasteiger partial charge in [-0.25, -0.2) is 4.79 Å². The van der Waals surface area contributed by atoms with Crippen molar-refractivity contribution < 1.29 is 14.4 Å². The lowest BCUT2D eigenvalue weighted by Crippen LogP contribution is -2.47. The number of amides is 4. The van der Waals surface area contributed by atoms with Gasteiger partial charge in [0.1, 0.15) is 6.54 Å². The lowest BCUT2D eigenvalue weighted by molar-refractivity contribution is -0.124. The van der Waals surface area contributed by atoms with Crippen molar-refractivity contribution in [2.24, 2.45) is 0 Å². The number of benzene rings is 1. The van der Waals surface area contributed by atoms with Crippen LogP contribution in [0.3, 0.4) is 0 Å². The Labute approximate surface area is 149 Å². The molecule has 0 spiro atoms. The van der Waals surface area contributed by atoms with Gasteiger partial charge in [0.25, 0.3) is 5.91 Å². The minimum Gasteiger partial charge on any atom is -0.338 e. The molecule has 0 bridgehead atoms. The molecular formula is C16H17Cl2N3O3. The zero-order chi connectivity index (χ0) is 17.4. The van der Waals surface area contributed by atoms with Crippen molar-refractivity contribution in [3.05, 3.63) is 33.8 Å². The molecule has 0 N–H and O–H groups in total. The predicted octanol–water partition coefficient (Wildman–Crippen LogP) is 2.49. The third-order valence-corrected chi connectivity index (χ3v) is 5.13. The van der Waals surface area contributed by atoms with E-state index in [1.165, 1.54) is 7.05 Å². The van der Waals surface area contributed by atoms with Gasteiger partial charge in [-0.1, -0.05) is 23.2 Å². The van der Waals surface area contributed by atoms with Crippen molar-refractivity contribution in [3.8, 4) is 0 Å². The monoisotopic (exact) mass is 369 g/mol. The predicted molar refractivity (Wildman–Crippen MR) is 90.3 cm³/mol. The standard InChI is InChI=1S/C16H17Cl2N3O3/c1-19-14(22)9-21(16(19)24)11-4-6-20(7-5-11)15(23)12-8-10(17)2-3-13(12)18/h2-3,8,11H,4-7,9H2,1H3. The molecule has 0 radical (unpaired) electrons. The molecule has 2 aliphatic heterocycles. The molecule has 0 aliphatic carbocycles. The number of hydrogen-bond donors (Lipinski definition) is 0. The summed E-state index contributed by atoms with van der Waals surface area (Å²) in [6.45, 7) is 1.14. The van der Waals surface area contributed by atoms with E-state index in [4.69, 9.17) is 23.2 Å². The van der Waals surface area contributed by atoms with Gasteiger partial charge < -0.3 is 9.80 Å². The highest BCUT2D eigenvalue weighted by atomic mass is 35.5. The lowest BCUT2D eigenvalue weighted by atomic mass is 10.0. The molecule has 128 valence electrons. The van der Waals surface area contributed by atoms with Crippen LogP contribution >= 0.6 is 23.2 Å². The average Bonchev–Trinajstić information content (AvgIpc) is 2.84. The van der Waals surface area contributed by atoms with E-state index in [9.17, 15) is 14.4 Å². The number of halogens is 2. The van der Waals surface area contributed by atoms with E-state index in [2.05, 4.69) is 0 Å². The summed E-state index contributed by atoms with van der Waals surface area (Å²) in [6, 6.07) is 4.52. The van der Waals surface area contributed by atoms with E-state index in [1.807, 2.05) is 0 Å². The summed E-state index contributed by atoms with van der Waals surface area (Å²) in [6.07, 6.45) is 1.27. The van der Waals surface area contributed by atoms with Crippen molar-refractivity contribution in [2.45, 2.75) is 18.9 Å². The minimum atomic E-state index is -0.261. The SMILES string of the molecule is CN1C(=O)CN(C2CCN(C(=O)c3cc(Cl)ccc3Cl)CC2)C1=O. The van der Waals surface area contributed by atoms with E-state index < -0.39 is 0 Å². The number of likely N-dealkylation sites (tertiary alicyclic amines) is 1. The highest BCUT2D eigenvalue weighted by molar-refractivity contribution is 6.35. The molecule has 3 rings (SSSR count). The van der Waals surface area contributed by atoms with Crippen LogP contribution in [0.4, 0.5) is 4.79 Å². The zero-order valence-corrected chi connectivity index (χ0v) is 14.7. The molecule has 24 heavy (non-hydrogen) atoms. The molecule has 2 aliphatic rings. The number of likely N-dealkylation sites (N-methyl/N-ethyl adjacent to an activating group) is 1. The highest BCUT2D eigenvalue weighted by Gasteiger charge is 2.39. The molecule has 1 aromatic carbocycles. The van der Waals surface area contributed by atoms with E-state index in [-0.39, 0.29) is 30.4 Å². The molecule has 4 amide bonds. The van der Waals surface area contributed by atoms with Crippen LogP contribution in [0.15, 0.2) is 18.2 Å². The van der Waals surface area contributed by atoms with Crippen LogP contribution in [0.5, 0.6) is 0 Å². The summed E-state index contributed by atoms with van der Waals surface area (Å²) in [5, 5.41) is 0.829. The second kappa shape index (κ2) is 6.61. The average molecular weight is 370 g/mol. The Hall–Kier alpha value is -1.79. The largest absolute Gasteiger partial charge is 0.338 e. The molecular weight excluding hydrogens is 353 g/mol. The van der Waals surface area contributed by atoms with Crippen LogP contribution in [0.1, 0.15) is 23.2 Å². The number of piperidine rings is 1. The number of carbonyl (C=O) groups is 3. The second-order valence-electron chi connectivity index (χ2n) is 6.01. The fourth-order valence-electron chi connectivity index (χ4n) is 3.12. The van der Waals surface area contributed by atoms with Crippen molar-refractivity contribution in [3.63, 3.8) is 0 Å². The van der Waals surface area contributed by atoms with Crippen LogP contribution in [0.2, 0.25) is 10.0 Å². The van der Waals surface area contributed by atoms with Gasteiger partial charge >= 0.3 is 6.03 Å². The van der Waals surface area contributed by atoms with E-state index in [1.54, 1.807) is 28.0 Å². The van der Waals surface area contributed by atoms with Gasteiger partial charge in [-0.3, -0.25) is 14.5 Å². The third-order valence-electron chi connectivity index (χ3n) is 4.56. The molecule has 8 heteroatoms. The Kier molecular flexibility index (Phi) is 4.69. The minimum absolute atomic E-state index is 0.0229. The van der Waals surface area contributed by atoms with E-state index >= 15 is 0 Å². The van der Waals surface area contributed by atoms with Gasteiger partial charge in [-0.05, 0) is 31.0 Å². The van der Waals surface area contributed by atoms with Crippen LogP contribution in [0, 0.1) is 0 Å². The number of hydrogen-bond acceptors (Lipinski definition) is 3. The second-order valence-corrected chi connectivity index (χ2v) is 6.85. The Morgan fingerprint density at radius 2 is 1.83 bits per heavy atom. The number of nitrogens with zero attached hydrogens (tertiary/aromatic N) is 3. The fraction of sp³-hybridized carbons (Fsp3) is 0.438. The third kappa shape index (κ3) is 3.08. The van der Waals surface area contributed by atoms with Crippen LogP contribution < -0.4 is 0 Å². The normalized spacial score (nSPS) is 19.4. The molecule has 0 saturated carbocycles. The fourth-order valence-corrected chi connectivity index (χ4v) is 3.49. The summed E-state index contributed by atoms with van der Waals surface area (Å²) in [5.74, 6) is -0.355. The maximum Gasteiger partial charge on any atom is 0.327 e. The van der Waals surface area contributed by atoms with Crippen molar-refractivity contribution in [1.29, 1.82) is 0 Å². The Morgan fingerprint density at radius 3 is 2.42 bits per heavy atom. The first-order valence-corrected chi connectivity index (χ1v) is 8.45. The highest BCUT2D eigenvalue weighted by Crippen LogP contribution is 2.26. The number of rotatable bonds is 2. The van der Waals surface area contributed by atoms with Crippen molar-refractivity contribution >= 4 is 41.0 Å². The van der Waals surface area contributed by atoms with Gasteiger partial charge in [0, 0.05) is 31.2 Å². The number of imide groups is 1. The molecule has 1 aromatic rings. The Bertz CT molecular complexity index is 702. The quantitative estimate of drug-likeness (QED) is 0.752. The van der Waals surface area contributed by atoms with E-state index in [0.29, 0.717) is 41.5 Å². The van der Waals surface area contributed by atoms with E-state index in [0.717, 1.165) is 4.90 Å². The Morgan fingerprint density at radius 1 is 1.17 bits per heavy atom. The first-order chi connectivity index (χ1) is 11.4. The molecule has 2 fully saturated rings. The summed E-state index contributed by atoms with van der Waals surface area (Å²) in [5.41, 5.74) is 0.384. The topological polar surface area (TPSA) is 60.9 Å². The molecule has 2 heterocycles. The first kappa shape index (κ1) is 17.0. The van der Waals surface area contributed by atoms with Gasteiger partial charge in [0.05, 0.1) is 10.6 Å². The summed E-state index contributed by atoms with van der Waals surface area (Å²) in [7, 11) is 1.49. The van der Waals surface area contributed by atoms with Gasteiger partial charge in [-0.2, -0.15) is 0 Å². The van der Waals surface area contributed by atoms with Crippen molar-refractivity contribution in [1.82, 2.24) is 14.7 Å². The van der Waals surface area contributed by atoms with Crippen LogP contribution in [-0.2, 0) is 4.79 Å². The van der Waals surface area contributed by atoms with Gasteiger partial charge in [0.2, 0.25) is 5.91 Å². The van der Waals surface area contributed by atoms with Crippen LogP contribution in [0.25, 0.3) is 0 Å². The number of urea groups is 1. The maximum absolute atomic E-state index is 12.6. The van der Waals surface area contributed by atoms with Gasteiger partial charge in [-0.15, -0.1) is 0 Å². The van der Waals surface area contributed by atoms with Gasteiger partial charge in [0.15, 0.2) is 0 Å². The molecule has 0 aromatic heterocycles. The summed E-state index contributed by atoms with van der Waals surface area (Å²) >= 11 is 12.0. The maximum atomic E-state index is 12.6. The summed E-state index contributed by atoms with van der Waals surface area (Å²) in [4.78, 5) is 40.7. The Balaban J connectivity index is 1.65.